The largest absolute Gasteiger partial charge is 0.497 e. The highest BCUT2D eigenvalue weighted by atomic mass is 19.1. The van der Waals surface area contributed by atoms with E-state index in [4.69, 9.17) is 14.7 Å². The number of nitrogens with zero attached hydrogens (tertiary/aromatic N) is 5. The molecular formula is C38H47F2N7O2. The van der Waals surface area contributed by atoms with Crippen molar-refractivity contribution in [3.8, 4) is 17.1 Å². The number of guanidine groups is 1. The van der Waals surface area contributed by atoms with Gasteiger partial charge in [-0.1, -0.05) is 33.8 Å². The average molecular weight is 672 g/mol. The molecule has 2 aromatic carbocycles. The van der Waals surface area contributed by atoms with E-state index in [-0.39, 0.29) is 41.8 Å². The first-order valence-electron chi connectivity index (χ1n) is 17.2. The second-order valence-corrected chi connectivity index (χ2v) is 14.3. The zero-order chi connectivity index (χ0) is 34.7. The molecule has 4 atom stereocenters. The molecule has 260 valence electrons. The normalized spacial score (nSPS) is 22.7. The van der Waals surface area contributed by atoms with Gasteiger partial charge in [0.15, 0.2) is 5.96 Å². The fraction of sp³-hybridized carbons (Fsp3) is 0.474. The Morgan fingerprint density at radius 1 is 1.18 bits per heavy atom. The molecule has 1 aliphatic carbocycles. The summed E-state index contributed by atoms with van der Waals surface area (Å²) in [6.07, 6.45) is 5.69. The Balaban J connectivity index is 1.36. The molecule has 1 saturated heterocycles. The Labute approximate surface area is 286 Å². The summed E-state index contributed by atoms with van der Waals surface area (Å²) in [5, 5.41) is 7.26. The highest BCUT2D eigenvalue weighted by molar-refractivity contribution is 5.96. The van der Waals surface area contributed by atoms with E-state index in [1.54, 1.807) is 41.2 Å². The summed E-state index contributed by atoms with van der Waals surface area (Å²) in [5.74, 6) is 2.12. The van der Waals surface area contributed by atoms with Gasteiger partial charge in [0.25, 0.3) is 5.56 Å². The fourth-order valence-corrected chi connectivity index (χ4v) is 7.17. The number of piperazine rings is 1. The highest BCUT2D eigenvalue weighted by Gasteiger charge is 2.38. The number of nitrogens with one attached hydrogen (secondary N) is 2. The van der Waals surface area contributed by atoms with Crippen molar-refractivity contribution in [3.05, 3.63) is 82.7 Å². The van der Waals surface area contributed by atoms with E-state index in [0.717, 1.165) is 18.5 Å². The van der Waals surface area contributed by atoms with Crippen molar-refractivity contribution in [1.29, 1.82) is 0 Å². The van der Waals surface area contributed by atoms with Gasteiger partial charge in [0.1, 0.15) is 24.1 Å². The second kappa shape index (κ2) is 14.6. The maximum absolute atomic E-state index is 14.8. The molecular weight excluding hydrogens is 624 g/mol. The summed E-state index contributed by atoms with van der Waals surface area (Å²) in [6.45, 7) is 10.9. The Bertz CT molecular complexity index is 1860. The Hall–Kier alpha value is -4.38. The third-order valence-electron chi connectivity index (χ3n) is 10.5. The lowest BCUT2D eigenvalue weighted by Gasteiger charge is -2.43. The number of rotatable bonds is 8. The van der Waals surface area contributed by atoms with E-state index in [9.17, 15) is 13.6 Å². The predicted octanol–water partition coefficient (Wildman–Crippen LogP) is 6.32. The van der Waals surface area contributed by atoms with Crippen LogP contribution >= 0.6 is 0 Å². The summed E-state index contributed by atoms with van der Waals surface area (Å²) >= 11 is 0. The molecule has 6 rings (SSSR count). The SMILES string of the molecule is COc1ccc(CCn2c(-c3cccnc3)nc3cc(NC(=NC4C[C@@H](C)C(C)(C)C[C@@H]4C)N4CCN[C@@H](CF)C4)ccc3c2=O)c(F)c1. The van der Waals surface area contributed by atoms with Crippen molar-refractivity contribution in [1.82, 2.24) is 24.8 Å². The molecule has 2 aliphatic rings. The van der Waals surface area contributed by atoms with E-state index in [1.165, 1.54) is 13.2 Å². The van der Waals surface area contributed by atoms with Gasteiger partial charge in [-0.3, -0.25) is 14.3 Å². The molecule has 3 heterocycles. The zero-order valence-corrected chi connectivity index (χ0v) is 29.0. The number of ether oxygens (including phenoxy) is 1. The summed E-state index contributed by atoms with van der Waals surface area (Å²) in [7, 11) is 1.49. The number of anilines is 1. The van der Waals surface area contributed by atoms with Gasteiger partial charge in [0, 0.05) is 55.9 Å². The first-order chi connectivity index (χ1) is 23.6. The van der Waals surface area contributed by atoms with Crippen LogP contribution in [0.5, 0.6) is 5.75 Å². The lowest BCUT2D eigenvalue weighted by Crippen LogP contribution is -2.55. The third kappa shape index (κ3) is 7.61. The second-order valence-electron chi connectivity index (χ2n) is 14.3. The molecule has 1 aliphatic heterocycles. The highest BCUT2D eigenvalue weighted by Crippen LogP contribution is 2.44. The summed E-state index contributed by atoms with van der Waals surface area (Å²) in [5.41, 5.74) is 2.44. The molecule has 1 saturated carbocycles. The molecule has 2 aromatic heterocycles. The minimum absolute atomic E-state index is 0.128. The molecule has 0 spiro atoms. The van der Waals surface area contributed by atoms with Crippen LogP contribution in [0.25, 0.3) is 22.3 Å². The summed E-state index contributed by atoms with van der Waals surface area (Å²) < 4.78 is 35.4. The van der Waals surface area contributed by atoms with Gasteiger partial charge < -0.3 is 20.3 Å². The smallest absolute Gasteiger partial charge is 0.261 e. The van der Waals surface area contributed by atoms with Crippen LogP contribution in [-0.4, -0.2) is 70.9 Å². The lowest BCUT2D eigenvalue weighted by atomic mass is 9.64. The lowest BCUT2D eigenvalue weighted by molar-refractivity contribution is 0.0978. The minimum Gasteiger partial charge on any atom is -0.497 e. The van der Waals surface area contributed by atoms with Crippen molar-refractivity contribution in [2.24, 2.45) is 22.2 Å². The summed E-state index contributed by atoms with van der Waals surface area (Å²) in [4.78, 5) is 30.8. The maximum atomic E-state index is 14.8. The van der Waals surface area contributed by atoms with E-state index < -0.39 is 6.67 Å². The molecule has 1 unspecified atom stereocenters. The van der Waals surface area contributed by atoms with Crippen molar-refractivity contribution in [2.75, 3.05) is 38.7 Å². The molecule has 0 amide bonds. The number of aromatic nitrogens is 3. The Morgan fingerprint density at radius 2 is 2.02 bits per heavy atom. The van der Waals surface area contributed by atoms with Crippen LogP contribution in [0.4, 0.5) is 14.5 Å². The minimum atomic E-state index is -0.455. The van der Waals surface area contributed by atoms with Gasteiger partial charge >= 0.3 is 0 Å². The number of aryl methyl sites for hydroxylation is 1. The topological polar surface area (TPSA) is 96.7 Å². The van der Waals surface area contributed by atoms with Gasteiger partial charge in [0.05, 0.1) is 30.1 Å². The fourth-order valence-electron chi connectivity index (χ4n) is 7.17. The van der Waals surface area contributed by atoms with Crippen molar-refractivity contribution >= 4 is 22.5 Å². The monoisotopic (exact) mass is 671 g/mol. The van der Waals surface area contributed by atoms with E-state index >= 15 is 0 Å². The molecule has 2 fully saturated rings. The first-order valence-corrected chi connectivity index (χ1v) is 17.2. The molecule has 0 radical (unpaired) electrons. The maximum Gasteiger partial charge on any atom is 0.261 e. The average Bonchev–Trinajstić information content (AvgIpc) is 3.10. The van der Waals surface area contributed by atoms with Crippen LogP contribution in [0.3, 0.4) is 0 Å². The van der Waals surface area contributed by atoms with Crippen LogP contribution in [-0.2, 0) is 13.0 Å². The van der Waals surface area contributed by atoms with Gasteiger partial charge in [-0.15, -0.1) is 0 Å². The molecule has 49 heavy (non-hydrogen) atoms. The quantitative estimate of drug-likeness (QED) is 0.167. The summed E-state index contributed by atoms with van der Waals surface area (Å²) in [6, 6.07) is 13.8. The standard InChI is InChI=1S/C38H47F2N7O2/c1-24-20-38(3,4)25(2)17-33(24)45-37(46-16-14-42-29(21-39)23-46)43-28-9-11-31-34(18-28)44-35(27-7-6-13-41-22-27)47(36(31)48)15-12-26-8-10-30(49-5)19-32(26)40/h6-11,13,18-19,22,24-25,29,33,42H,12,14-17,20-21,23H2,1-5H3,(H,43,45)/t24-,25+,29-,33?/m0/s1. The van der Waals surface area contributed by atoms with E-state index in [2.05, 4.69) is 48.2 Å². The van der Waals surface area contributed by atoms with Crippen molar-refractivity contribution in [3.63, 3.8) is 0 Å². The molecule has 2 N–H and O–H groups in total. The molecule has 4 aromatic rings. The number of benzene rings is 2. The van der Waals surface area contributed by atoms with Crippen LogP contribution in [0, 0.1) is 23.1 Å². The number of hydrogen-bond donors (Lipinski definition) is 2. The number of halogens is 2. The number of methoxy groups -OCH3 is 1. The van der Waals surface area contributed by atoms with Crippen LogP contribution in [0.2, 0.25) is 0 Å². The van der Waals surface area contributed by atoms with Crippen LogP contribution in [0.1, 0.15) is 46.1 Å². The van der Waals surface area contributed by atoms with Gasteiger partial charge in [-0.2, -0.15) is 0 Å². The Morgan fingerprint density at radius 3 is 2.76 bits per heavy atom. The number of aliphatic imine (C=N–C) groups is 1. The Kier molecular flexibility index (Phi) is 10.3. The zero-order valence-electron chi connectivity index (χ0n) is 29.0. The molecule has 0 bridgehead atoms. The first kappa shape index (κ1) is 34.5. The van der Waals surface area contributed by atoms with E-state index in [0.29, 0.717) is 71.0 Å². The van der Waals surface area contributed by atoms with Gasteiger partial charge in [-0.05, 0) is 78.5 Å². The number of fused-ring (bicyclic) bond motifs is 1. The predicted molar refractivity (Wildman–Crippen MR) is 191 cm³/mol. The van der Waals surface area contributed by atoms with Crippen LogP contribution < -0.4 is 20.9 Å². The number of pyridine rings is 1. The number of hydrogen-bond acceptors (Lipinski definition) is 6. The van der Waals surface area contributed by atoms with Gasteiger partial charge in [0.2, 0.25) is 0 Å². The van der Waals surface area contributed by atoms with Crippen molar-refractivity contribution in [2.45, 2.75) is 65.6 Å². The molecule has 9 nitrogen and oxygen atoms in total. The number of alkyl halides is 1. The molecule has 11 heteroatoms. The van der Waals surface area contributed by atoms with Crippen molar-refractivity contribution < 1.29 is 13.5 Å². The van der Waals surface area contributed by atoms with E-state index in [1.807, 2.05) is 18.2 Å². The van der Waals surface area contributed by atoms with Gasteiger partial charge in [-0.25, -0.2) is 18.8 Å². The third-order valence-corrected chi connectivity index (χ3v) is 10.5. The van der Waals surface area contributed by atoms with Crippen LogP contribution in [0.15, 0.2) is 70.7 Å².